The summed E-state index contributed by atoms with van der Waals surface area (Å²) in [7, 11) is 0. The van der Waals surface area contributed by atoms with Crippen molar-refractivity contribution in [2.75, 3.05) is 6.54 Å². The third kappa shape index (κ3) is 17.3. The molecule has 1 nitrogen and oxygen atoms in total. The molecule has 0 aromatic rings. The second kappa shape index (κ2) is 17.1. The first kappa shape index (κ1) is 18.0. The van der Waals surface area contributed by atoms with Crippen molar-refractivity contribution in [3.63, 3.8) is 0 Å². The Hall–Kier alpha value is 0.648. The zero-order valence-electron chi connectivity index (χ0n) is 10.5. The molecule has 15 heavy (non-hydrogen) atoms. The summed E-state index contributed by atoms with van der Waals surface area (Å²) < 4.78 is 0. The molecule has 2 N–H and O–H groups in total. The number of nitrogens with two attached hydrogens (primary N) is 1. The van der Waals surface area contributed by atoms with Crippen molar-refractivity contribution in [2.24, 2.45) is 5.73 Å². The molecule has 0 rings (SSSR count). The van der Waals surface area contributed by atoms with E-state index in [2.05, 4.69) is 6.92 Å². The molecule has 0 fully saturated rings. The molecular formula is C13H29MoN+4. The summed E-state index contributed by atoms with van der Waals surface area (Å²) in [5, 5.41) is 0. The van der Waals surface area contributed by atoms with Gasteiger partial charge in [0.2, 0.25) is 0 Å². The van der Waals surface area contributed by atoms with E-state index < -0.39 is 0 Å². The normalized spacial score (nSPS) is 10.0. The summed E-state index contributed by atoms with van der Waals surface area (Å²) in [5.74, 6) is 0. The van der Waals surface area contributed by atoms with Crippen LogP contribution < -0.4 is 5.73 Å². The molecule has 0 atom stereocenters. The van der Waals surface area contributed by atoms with Gasteiger partial charge in [-0.15, -0.1) is 0 Å². The summed E-state index contributed by atoms with van der Waals surface area (Å²) in [4.78, 5) is 0. The van der Waals surface area contributed by atoms with Crippen LogP contribution in [0, 0.1) is 0 Å². The summed E-state index contributed by atoms with van der Waals surface area (Å²) in [5.41, 5.74) is 5.44. The fraction of sp³-hybridized carbons (Fsp3) is 1.00. The number of hydrogen-bond donors (Lipinski definition) is 1. The minimum absolute atomic E-state index is 0. The molecule has 0 unspecified atom stereocenters. The minimum Gasteiger partial charge on any atom is -0.330 e. The summed E-state index contributed by atoms with van der Waals surface area (Å²) >= 11 is 0. The Morgan fingerprint density at radius 2 is 0.933 bits per heavy atom. The molecular weight excluding hydrogens is 266 g/mol. The fourth-order valence-corrected chi connectivity index (χ4v) is 1.81. The quantitative estimate of drug-likeness (QED) is 0.447. The van der Waals surface area contributed by atoms with Gasteiger partial charge in [-0.05, 0) is 13.0 Å². The maximum absolute atomic E-state index is 5.44. The second-order valence-electron chi connectivity index (χ2n) is 4.32. The van der Waals surface area contributed by atoms with Gasteiger partial charge in [-0.2, -0.15) is 0 Å². The zero-order valence-corrected chi connectivity index (χ0v) is 12.5. The van der Waals surface area contributed by atoms with Gasteiger partial charge in [0.15, 0.2) is 0 Å². The van der Waals surface area contributed by atoms with Crippen LogP contribution in [0.25, 0.3) is 0 Å². The summed E-state index contributed by atoms with van der Waals surface area (Å²) in [6.45, 7) is 3.15. The van der Waals surface area contributed by atoms with E-state index in [0.29, 0.717) is 0 Å². The second-order valence-corrected chi connectivity index (χ2v) is 4.32. The largest absolute Gasteiger partial charge is 4.00 e. The molecule has 0 aromatic carbocycles. The predicted octanol–water partition coefficient (Wildman–Crippen LogP) is 4.25. The third-order valence-electron chi connectivity index (χ3n) is 2.81. The van der Waals surface area contributed by atoms with Crippen molar-refractivity contribution in [3.05, 3.63) is 0 Å². The van der Waals surface area contributed by atoms with Gasteiger partial charge in [0.25, 0.3) is 0 Å². The van der Waals surface area contributed by atoms with Crippen molar-refractivity contribution in [1.29, 1.82) is 0 Å². The van der Waals surface area contributed by atoms with E-state index in [-0.39, 0.29) is 21.1 Å². The van der Waals surface area contributed by atoms with Crippen LogP contribution in [0.4, 0.5) is 0 Å². The Kier molecular flexibility index (Phi) is 20.5. The Morgan fingerprint density at radius 1 is 0.600 bits per heavy atom. The van der Waals surface area contributed by atoms with E-state index in [1.165, 1.54) is 70.6 Å². The molecule has 0 saturated heterocycles. The van der Waals surface area contributed by atoms with Gasteiger partial charge >= 0.3 is 21.1 Å². The first-order chi connectivity index (χ1) is 6.91. The molecule has 0 aliphatic carbocycles. The van der Waals surface area contributed by atoms with E-state index in [4.69, 9.17) is 5.73 Å². The average Bonchev–Trinajstić information content (AvgIpc) is 2.21. The minimum atomic E-state index is 0. The van der Waals surface area contributed by atoms with Crippen LogP contribution in [0.1, 0.15) is 77.6 Å². The van der Waals surface area contributed by atoms with Crippen LogP contribution in [0.3, 0.4) is 0 Å². The van der Waals surface area contributed by atoms with Crippen LogP contribution in [0.15, 0.2) is 0 Å². The Bertz CT molecular complexity index is 84.5. The van der Waals surface area contributed by atoms with E-state index in [1.807, 2.05) is 0 Å². The number of hydrogen-bond acceptors (Lipinski definition) is 1. The van der Waals surface area contributed by atoms with E-state index >= 15 is 0 Å². The number of rotatable bonds is 11. The molecule has 0 heterocycles. The number of unbranched alkanes of at least 4 members (excludes halogenated alkanes) is 10. The van der Waals surface area contributed by atoms with E-state index in [0.717, 1.165) is 6.54 Å². The first-order valence-electron chi connectivity index (χ1n) is 6.62. The van der Waals surface area contributed by atoms with Gasteiger partial charge in [-0.1, -0.05) is 71.1 Å². The Morgan fingerprint density at radius 3 is 1.27 bits per heavy atom. The molecule has 0 spiro atoms. The Labute approximate surface area is 111 Å². The van der Waals surface area contributed by atoms with Gasteiger partial charge < -0.3 is 5.73 Å². The van der Waals surface area contributed by atoms with Crippen LogP contribution in [-0.4, -0.2) is 6.54 Å². The van der Waals surface area contributed by atoms with Crippen molar-refractivity contribution in [1.82, 2.24) is 0 Å². The van der Waals surface area contributed by atoms with Crippen molar-refractivity contribution in [2.45, 2.75) is 77.6 Å². The SMILES string of the molecule is CCCCCCCCCCCCCN.[Mo+4]. The van der Waals surface area contributed by atoms with Crippen LogP contribution >= 0.6 is 0 Å². The van der Waals surface area contributed by atoms with Crippen LogP contribution in [0.5, 0.6) is 0 Å². The molecule has 0 aliphatic heterocycles. The summed E-state index contributed by atoms with van der Waals surface area (Å²) in [6.07, 6.45) is 15.4. The van der Waals surface area contributed by atoms with Crippen molar-refractivity contribution < 1.29 is 21.1 Å². The molecule has 0 amide bonds. The molecule has 0 aromatic heterocycles. The van der Waals surface area contributed by atoms with Crippen molar-refractivity contribution in [3.8, 4) is 0 Å². The maximum Gasteiger partial charge on any atom is 4.00 e. The van der Waals surface area contributed by atoms with Crippen LogP contribution in [-0.2, 0) is 21.1 Å². The molecule has 0 saturated carbocycles. The summed E-state index contributed by atoms with van der Waals surface area (Å²) in [6, 6.07) is 0. The topological polar surface area (TPSA) is 26.0 Å². The van der Waals surface area contributed by atoms with Crippen molar-refractivity contribution >= 4 is 0 Å². The van der Waals surface area contributed by atoms with E-state index in [1.54, 1.807) is 0 Å². The fourth-order valence-electron chi connectivity index (χ4n) is 1.81. The maximum atomic E-state index is 5.44. The molecule has 0 aliphatic rings. The molecule has 2 heteroatoms. The van der Waals surface area contributed by atoms with Gasteiger partial charge in [0.1, 0.15) is 0 Å². The molecule has 0 radical (unpaired) electrons. The van der Waals surface area contributed by atoms with Gasteiger partial charge in [0.05, 0.1) is 0 Å². The predicted molar refractivity (Wildman–Crippen MR) is 65.5 cm³/mol. The van der Waals surface area contributed by atoms with Gasteiger partial charge in [-0.3, -0.25) is 0 Å². The average molecular weight is 295 g/mol. The zero-order chi connectivity index (χ0) is 10.5. The Balaban J connectivity index is 0. The van der Waals surface area contributed by atoms with Gasteiger partial charge in [-0.25, -0.2) is 0 Å². The smallest absolute Gasteiger partial charge is 0.330 e. The van der Waals surface area contributed by atoms with Gasteiger partial charge in [0, 0.05) is 0 Å². The standard InChI is InChI=1S/C13H29N.Mo/c1-2-3-4-5-6-7-8-9-10-11-12-13-14;/h2-14H2,1H3;/q;+4. The van der Waals surface area contributed by atoms with E-state index in [9.17, 15) is 0 Å². The monoisotopic (exact) mass is 297 g/mol. The first-order valence-corrected chi connectivity index (χ1v) is 6.62. The third-order valence-corrected chi connectivity index (χ3v) is 2.81. The molecule has 0 bridgehead atoms. The molecule has 88 valence electrons. The van der Waals surface area contributed by atoms with Crippen LogP contribution in [0.2, 0.25) is 0 Å².